The summed E-state index contributed by atoms with van der Waals surface area (Å²) in [5, 5.41) is 11.8. The van der Waals surface area contributed by atoms with Crippen LogP contribution in [0, 0.1) is 0 Å². The zero-order valence-corrected chi connectivity index (χ0v) is 16.0. The third-order valence-corrected chi connectivity index (χ3v) is 5.14. The van der Waals surface area contributed by atoms with Gasteiger partial charge in [0.25, 0.3) is 5.89 Å². The molecule has 3 aromatic heterocycles. The Morgan fingerprint density at radius 3 is 2.90 bits per heavy atom. The maximum atomic E-state index is 12.4. The second-order valence-electron chi connectivity index (χ2n) is 6.90. The molecule has 29 heavy (non-hydrogen) atoms. The second kappa shape index (κ2) is 7.21. The van der Waals surface area contributed by atoms with Crippen LogP contribution in [0.15, 0.2) is 57.7 Å². The molecule has 4 heterocycles. The van der Waals surface area contributed by atoms with E-state index >= 15 is 0 Å². The number of amides is 1. The first-order valence-corrected chi connectivity index (χ1v) is 9.49. The molecule has 8 nitrogen and oxygen atoms in total. The number of furan rings is 1. The predicted octanol–water partition coefficient (Wildman–Crippen LogP) is 3.89. The summed E-state index contributed by atoms with van der Waals surface area (Å²) < 4.78 is 10.7. The molecule has 1 aliphatic rings. The van der Waals surface area contributed by atoms with Gasteiger partial charge in [-0.15, -0.1) is 0 Å². The van der Waals surface area contributed by atoms with Gasteiger partial charge < -0.3 is 13.8 Å². The van der Waals surface area contributed by atoms with Gasteiger partial charge in [-0.25, -0.2) is 0 Å². The fraction of sp³-hybridized carbons (Fsp3) is 0.200. The highest BCUT2D eigenvalue weighted by Crippen LogP contribution is 2.30. The van der Waals surface area contributed by atoms with Crippen molar-refractivity contribution >= 4 is 17.5 Å². The van der Waals surface area contributed by atoms with Gasteiger partial charge in [0.05, 0.1) is 6.26 Å². The highest BCUT2D eigenvalue weighted by molar-refractivity contribution is 6.30. The molecule has 0 saturated carbocycles. The number of likely N-dealkylation sites (tertiary alicyclic amines) is 1. The normalized spacial score (nSPS) is 16.7. The molecule has 0 bridgehead atoms. The van der Waals surface area contributed by atoms with Gasteiger partial charge in [-0.05, 0) is 29.8 Å². The largest absolute Gasteiger partial charge is 0.463 e. The number of rotatable bonds is 5. The Hall–Kier alpha value is -3.39. The van der Waals surface area contributed by atoms with E-state index in [1.807, 2.05) is 30.3 Å². The minimum absolute atomic E-state index is 0.0675. The van der Waals surface area contributed by atoms with Crippen molar-refractivity contribution in [2.75, 3.05) is 6.54 Å². The van der Waals surface area contributed by atoms with Crippen molar-refractivity contribution in [1.82, 2.24) is 25.2 Å². The van der Waals surface area contributed by atoms with Gasteiger partial charge in [0.1, 0.15) is 11.4 Å². The van der Waals surface area contributed by atoms with Gasteiger partial charge in [-0.3, -0.25) is 9.89 Å². The van der Waals surface area contributed by atoms with Crippen LogP contribution in [0.4, 0.5) is 0 Å². The lowest BCUT2D eigenvalue weighted by Crippen LogP contribution is -2.24. The lowest BCUT2D eigenvalue weighted by molar-refractivity contribution is -0.128. The summed E-state index contributed by atoms with van der Waals surface area (Å²) in [4.78, 5) is 18.7. The summed E-state index contributed by atoms with van der Waals surface area (Å²) in [6.45, 7) is 1.07. The zero-order chi connectivity index (χ0) is 19.8. The van der Waals surface area contributed by atoms with Crippen molar-refractivity contribution in [3.8, 4) is 23.0 Å². The maximum Gasteiger partial charge on any atom is 0.275 e. The van der Waals surface area contributed by atoms with Gasteiger partial charge in [0, 0.05) is 36.5 Å². The Bertz CT molecular complexity index is 1130. The van der Waals surface area contributed by atoms with E-state index < -0.39 is 0 Å². The predicted molar refractivity (Wildman–Crippen MR) is 104 cm³/mol. The van der Waals surface area contributed by atoms with E-state index in [9.17, 15) is 4.79 Å². The van der Waals surface area contributed by atoms with Crippen molar-refractivity contribution < 1.29 is 13.7 Å². The number of benzene rings is 1. The van der Waals surface area contributed by atoms with Crippen molar-refractivity contribution in [2.45, 2.75) is 18.9 Å². The molecule has 1 atom stereocenters. The number of nitrogens with one attached hydrogen (secondary N) is 1. The molecule has 1 fully saturated rings. The van der Waals surface area contributed by atoms with Crippen LogP contribution in [0.1, 0.15) is 23.7 Å². The van der Waals surface area contributed by atoms with E-state index in [-0.39, 0.29) is 11.8 Å². The Labute approximate surface area is 170 Å². The molecule has 0 spiro atoms. The third kappa shape index (κ3) is 3.54. The summed E-state index contributed by atoms with van der Waals surface area (Å²) in [6, 6.07) is 12.9. The molecular weight excluding hydrogens is 394 g/mol. The monoisotopic (exact) mass is 409 g/mol. The molecular formula is C20H16ClN5O3. The fourth-order valence-corrected chi connectivity index (χ4v) is 3.53. The average Bonchev–Trinajstić information content (AvgIpc) is 3.51. The van der Waals surface area contributed by atoms with Crippen LogP contribution in [-0.4, -0.2) is 37.7 Å². The van der Waals surface area contributed by atoms with E-state index in [0.29, 0.717) is 53.4 Å². The maximum absolute atomic E-state index is 12.4. The quantitative estimate of drug-likeness (QED) is 0.536. The van der Waals surface area contributed by atoms with Crippen LogP contribution in [0.3, 0.4) is 0 Å². The highest BCUT2D eigenvalue weighted by Gasteiger charge is 2.34. The molecule has 1 saturated heterocycles. The molecule has 5 rings (SSSR count). The molecule has 0 aliphatic carbocycles. The zero-order valence-electron chi connectivity index (χ0n) is 15.2. The van der Waals surface area contributed by atoms with E-state index in [0.717, 1.165) is 5.56 Å². The first-order chi connectivity index (χ1) is 14.2. The topological polar surface area (TPSA) is 101 Å². The number of carbonyl (C=O) groups excluding carboxylic acids is 1. The number of halogens is 1. The first kappa shape index (κ1) is 17.7. The van der Waals surface area contributed by atoms with Crippen LogP contribution in [0.2, 0.25) is 5.02 Å². The molecule has 146 valence electrons. The van der Waals surface area contributed by atoms with Crippen molar-refractivity contribution in [3.63, 3.8) is 0 Å². The summed E-state index contributed by atoms with van der Waals surface area (Å²) in [5.74, 6) is 1.44. The summed E-state index contributed by atoms with van der Waals surface area (Å²) in [6.07, 6.45) is 1.94. The molecule has 0 radical (unpaired) electrons. The van der Waals surface area contributed by atoms with Gasteiger partial charge >= 0.3 is 0 Å². The van der Waals surface area contributed by atoms with Gasteiger partial charge in [-0.1, -0.05) is 28.9 Å². The van der Waals surface area contributed by atoms with E-state index in [1.54, 1.807) is 23.3 Å². The Morgan fingerprint density at radius 2 is 2.10 bits per heavy atom. The van der Waals surface area contributed by atoms with Crippen LogP contribution in [0.25, 0.3) is 23.0 Å². The lowest BCUT2D eigenvalue weighted by Gasteiger charge is -2.16. The van der Waals surface area contributed by atoms with Crippen molar-refractivity contribution in [2.24, 2.45) is 0 Å². The SMILES string of the molecule is O=C1CC(c2noc(-c3cc(-c4ccco4)n[nH]3)n2)CN1Cc1ccc(Cl)cc1. The summed E-state index contributed by atoms with van der Waals surface area (Å²) >= 11 is 5.92. The Morgan fingerprint density at radius 1 is 1.24 bits per heavy atom. The smallest absolute Gasteiger partial charge is 0.275 e. The Kier molecular flexibility index (Phi) is 4.40. The number of nitrogens with zero attached hydrogens (tertiary/aromatic N) is 4. The van der Waals surface area contributed by atoms with Crippen molar-refractivity contribution in [1.29, 1.82) is 0 Å². The molecule has 1 N–H and O–H groups in total. The number of aromatic amines is 1. The van der Waals surface area contributed by atoms with Crippen LogP contribution >= 0.6 is 11.6 Å². The van der Waals surface area contributed by atoms with Gasteiger partial charge in [0.15, 0.2) is 11.6 Å². The number of aromatic nitrogens is 4. The van der Waals surface area contributed by atoms with E-state index in [1.165, 1.54) is 0 Å². The minimum Gasteiger partial charge on any atom is -0.463 e. The molecule has 1 unspecified atom stereocenters. The molecule has 4 aromatic rings. The molecule has 9 heteroatoms. The van der Waals surface area contributed by atoms with E-state index in [4.69, 9.17) is 20.5 Å². The van der Waals surface area contributed by atoms with Crippen LogP contribution in [0.5, 0.6) is 0 Å². The van der Waals surface area contributed by atoms with Crippen LogP contribution in [-0.2, 0) is 11.3 Å². The Balaban J connectivity index is 1.29. The number of H-pyrrole nitrogens is 1. The van der Waals surface area contributed by atoms with Crippen molar-refractivity contribution in [3.05, 3.63) is 65.1 Å². The lowest BCUT2D eigenvalue weighted by atomic mass is 10.1. The molecule has 1 aliphatic heterocycles. The summed E-state index contributed by atoms with van der Waals surface area (Å²) in [7, 11) is 0. The fourth-order valence-electron chi connectivity index (χ4n) is 3.40. The van der Waals surface area contributed by atoms with Gasteiger partial charge in [-0.2, -0.15) is 10.1 Å². The summed E-state index contributed by atoms with van der Waals surface area (Å²) in [5.41, 5.74) is 2.27. The first-order valence-electron chi connectivity index (χ1n) is 9.11. The standard InChI is InChI=1S/C20H16ClN5O3/c21-14-5-3-12(4-6-14)10-26-11-13(8-18(26)27)19-22-20(29-25-19)16-9-15(23-24-16)17-2-1-7-28-17/h1-7,9,13H,8,10-11H2,(H,23,24). The number of hydrogen-bond acceptors (Lipinski definition) is 6. The molecule has 1 amide bonds. The number of carbonyl (C=O) groups is 1. The van der Waals surface area contributed by atoms with E-state index in [2.05, 4.69) is 20.3 Å². The third-order valence-electron chi connectivity index (χ3n) is 4.89. The average molecular weight is 410 g/mol. The minimum atomic E-state index is -0.111. The number of hydrogen-bond donors (Lipinski definition) is 1. The second-order valence-corrected chi connectivity index (χ2v) is 7.34. The highest BCUT2D eigenvalue weighted by atomic mass is 35.5. The van der Waals surface area contributed by atoms with Gasteiger partial charge in [0.2, 0.25) is 5.91 Å². The molecule has 1 aromatic carbocycles. The van der Waals surface area contributed by atoms with Crippen LogP contribution < -0.4 is 0 Å².